The van der Waals surface area contributed by atoms with E-state index in [2.05, 4.69) is 21.4 Å². The minimum Gasteiger partial charge on any atom is -0.508 e. The Morgan fingerprint density at radius 2 is 2.00 bits per heavy atom. The van der Waals surface area contributed by atoms with Crippen LogP contribution < -0.4 is 5.32 Å². The van der Waals surface area contributed by atoms with Gasteiger partial charge in [-0.3, -0.25) is 4.90 Å². The van der Waals surface area contributed by atoms with E-state index in [-0.39, 0.29) is 6.04 Å². The Morgan fingerprint density at radius 3 is 2.72 bits per heavy atom. The Hall–Kier alpha value is -2.73. The van der Waals surface area contributed by atoms with Crippen LogP contribution in [0.25, 0.3) is 0 Å². The van der Waals surface area contributed by atoms with Gasteiger partial charge in [0.05, 0.1) is 11.7 Å². The average molecular weight is 394 g/mol. The second-order valence-corrected chi connectivity index (χ2v) is 7.97. The van der Waals surface area contributed by atoms with Gasteiger partial charge in [0, 0.05) is 12.7 Å². The van der Waals surface area contributed by atoms with E-state index in [4.69, 9.17) is 5.53 Å². The molecular formula is C23H27FN4O. The third kappa shape index (κ3) is 4.48. The summed E-state index contributed by atoms with van der Waals surface area (Å²) >= 11 is 0. The smallest absolute Gasteiger partial charge is 0.146 e. The first-order valence-corrected chi connectivity index (χ1v) is 10.2. The summed E-state index contributed by atoms with van der Waals surface area (Å²) in [5, 5.41) is 16.5. The van der Waals surface area contributed by atoms with E-state index in [9.17, 15) is 9.50 Å². The van der Waals surface area contributed by atoms with Crippen molar-refractivity contribution in [3.8, 4) is 5.75 Å². The Morgan fingerprint density at radius 1 is 1.21 bits per heavy atom. The number of alkyl halides is 1. The van der Waals surface area contributed by atoms with Gasteiger partial charge in [-0.25, -0.2) is 9.92 Å². The number of piperidine rings is 1. The van der Waals surface area contributed by atoms with Gasteiger partial charge < -0.3 is 10.4 Å². The van der Waals surface area contributed by atoms with Crippen molar-refractivity contribution < 1.29 is 9.50 Å². The van der Waals surface area contributed by atoms with Crippen LogP contribution in [0.4, 0.5) is 4.39 Å². The van der Waals surface area contributed by atoms with Crippen LogP contribution in [0.1, 0.15) is 41.6 Å². The molecule has 1 heterocycles. The lowest BCUT2D eigenvalue weighted by Crippen LogP contribution is -2.35. The van der Waals surface area contributed by atoms with Gasteiger partial charge >= 0.3 is 0 Å². The molecule has 6 heteroatoms. The first kappa shape index (κ1) is 19.6. The molecule has 5 nitrogen and oxygen atoms in total. The van der Waals surface area contributed by atoms with Crippen LogP contribution in [0.3, 0.4) is 0 Å². The first-order chi connectivity index (χ1) is 14.1. The SMILES string of the molecule is N=N/C(=C\NC1Cc2ccccc2C1F)CN1CCC(c2cccc(O)c2)CC1. The number of halogens is 1. The molecule has 0 amide bonds. The normalized spacial score (nSPS) is 23.0. The van der Waals surface area contributed by atoms with E-state index < -0.39 is 6.17 Å². The van der Waals surface area contributed by atoms with Gasteiger partial charge in [-0.2, -0.15) is 5.11 Å². The fourth-order valence-corrected chi connectivity index (χ4v) is 4.44. The van der Waals surface area contributed by atoms with Crippen LogP contribution in [0.2, 0.25) is 0 Å². The minimum absolute atomic E-state index is 0.305. The van der Waals surface area contributed by atoms with E-state index >= 15 is 0 Å². The summed E-state index contributed by atoms with van der Waals surface area (Å²) in [4.78, 5) is 2.28. The molecule has 0 radical (unpaired) electrons. The van der Waals surface area contributed by atoms with Gasteiger partial charge in [0.1, 0.15) is 11.9 Å². The summed E-state index contributed by atoms with van der Waals surface area (Å²) in [6.45, 7) is 2.40. The van der Waals surface area contributed by atoms with Crippen LogP contribution in [0.5, 0.6) is 5.75 Å². The zero-order valence-electron chi connectivity index (χ0n) is 16.4. The number of aromatic hydroxyl groups is 1. The van der Waals surface area contributed by atoms with E-state index in [0.717, 1.165) is 37.1 Å². The summed E-state index contributed by atoms with van der Waals surface area (Å²) in [5.41, 5.74) is 11.1. The predicted octanol–water partition coefficient (Wildman–Crippen LogP) is 4.67. The second kappa shape index (κ2) is 8.74. The van der Waals surface area contributed by atoms with Gasteiger partial charge in [-0.1, -0.05) is 36.4 Å². The maximum absolute atomic E-state index is 14.6. The molecule has 2 aliphatic rings. The monoisotopic (exact) mass is 394 g/mol. The molecule has 1 aliphatic heterocycles. The summed E-state index contributed by atoms with van der Waals surface area (Å²) in [5.74, 6) is 0.760. The molecule has 152 valence electrons. The van der Waals surface area contributed by atoms with Gasteiger partial charge in [-0.05, 0) is 67.1 Å². The quantitative estimate of drug-likeness (QED) is 0.624. The summed E-state index contributed by atoms with van der Waals surface area (Å²) in [6.07, 6.45) is 3.33. The Bertz CT molecular complexity index is 892. The molecule has 4 rings (SSSR count). The van der Waals surface area contributed by atoms with Gasteiger partial charge in [0.25, 0.3) is 0 Å². The number of phenols is 1. The van der Waals surface area contributed by atoms with Crippen LogP contribution in [0, 0.1) is 5.53 Å². The Kier molecular flexibility index (Phi) is 5.90. The average Bonchev–Trinajstić information content (AvgIpc) is 3.07. The number of rotatable bonds is 6. The highest BCUT2D eigenvalue weighted by molar-refractivity contribution is 5.36. The van der Waals surface area contributed by atoms with E-state index in [1.807, 2.05) is 36.4 Å². The number of benzene rings is 2. The Labute approximate surface area is 170 Å². The van der Waals surface area contributed by atoms with E-state index in [0.29, 0.717) is 30.3 Å². The number of likely N-dealkylation sites (tertiary alicyclic amines) is 1. The topological polar surface area (TPSA) is 71.7 Å². The largest absolute Gasteiger partial charge is 0.508 e. The molecule has 0 spiro atoms. The summed E-state index contributed by atoms with van der Waals surface area (Å²) < 4.78 is 14.6. The van der Waals surface area contributed by atoms with E-state index in [1.165, 1.54) is 5.56 Å². The molecule has 2 atom stereocenters. The minimum atomic E-state index is -1.03. The molecule has 0 saturated carbocycles. The number of nitrogens with zero attached hydrogens (tertiary/aromatic N) is 2. The van der Waals surface area contributed by atoms with Crippen LogP contribution >= 0.6 is 0 Å². The molecule has 2 aromatic carbocycles. The van der Waals surface area contributed by atoms with Crippen molar-refractivity contribution in [1.29, 1.82) is 5.53 Å². The molecule has 0 aromatic heterocycles. The van der Waals surface area contributed by atoms with Crippen molar-refractivity contribution >= 4 is 0 Å². The maximum atomic E-state index is 14.6. The Balaban J connectivity index is 1.30. The lowest BCUT2D eigenvalue weighted by Gasteiger charge is -2.32. The van der Waals surface area contributed by atoms with Crippen molar-refractivity contribution in [3.05, 3.63) is 77.1 Å². The second-order valence-electron chi connectivity index (χ2n) is 7.97. The van der Waals surface area contributed by atoms with Crippen LogP contribution in [0.15, 0.2) is 65.5 Å². The van der Waals surface area contributed by atoms with Crippen molar-refractivity contribution in [2.75, 3.05) is 19.6 Å². The molecule has 3 N–H and O–H groups in total. The fraction of sp³-hybridized carbons (Fsp3) is 0.391. The molecule has 1 saturated heterocycles. The van der Waals surface area contributed by atoms with Crippen molar-refractivity contribution in [2.45, 2.75) is 37.4 Å². The van der Waals surface area contributed by atoms with E-state index in [1.54, 1.807) is 12.3 Å². The predicted molar refractivity (Wildman–Crippen MR) is 111 cm³/mol. The molecular weight excluding hydrogens is 367 g/mol. The number of nitrogens with one attached hydrogen (secondary N) is 2. The fourth-order valence-electron chi connectivity index (χ4n) is 4.44. The zero-order chi connectivity index (χ0) is 20.2. The number of hydrogen-bond donors (Lipinski definition) is 3. The molecule has 2 unspecified atom stereocenters. The molecule has 1 aliphatic carbocycles. The molecule has 1 fully saturated rings. The standard InChI is InChI=1S/C23H27FN4O/c24-23-21-7-2-1-4-18(21)13-22(23)26-14-19(27-25)15-28-10-8-16(9-11-28)17-5-3-6-20(29)12-17/h1-7,12,14,16,22-23,25-26,29H,8-11,13,15H2/b19-14-,27-25?. The zero-order valence-corrected chi connectivity index (χ0v) is 16.4. The highest BCUT2D eigenvalue weighted by atomic mass is 19.1. The van der Waals surface area contributed by atoms with Gasteiger partial charge in [-0.15, -0.1) is 0 Å². The third-order valence-corrected chi connectivity index (χ3v) is 6.07. The van der Waals surface area contributed by atoms with Gasteiger partial charge in [0.15, 0.2) is 0 Å². The summed E-state index contributed by atoms with van der Waals surface area (Å²) in [6, 6.07) is 14.8. The number of phenolic OH excluding ortho intramolecular Hbond substituents is 1. The number of fused-ring (bicyclic) bond motifs is 1. The van der Waals surface area contributed by atoms with Gasteiger partial charge in [0.2, 0.25) is 0 Å². The van der Waals surface area contributed by atoms with Crippen LogP contribution in [-0.4, -0.2) is 35.7 Å². The highest BCUT2D eigenvalue weighted by Crippen LogP contribution is 2.34. The third-order valence-electron chi connectivity index (χ3n) is 6.07. The van der Waals surface area contributed by atoms with Crippen LogP contribution in [-0.2, 0) is 6.42 Å². The number of hydrogen-bond acceptors (Lipinski definition) is 5. The lowest BCUT2D eigenvalue weighted by molar-refractivity contribution is 0.226. The molecule has 2 aromatic rings. The van der Waals surface area contributed by atoms with Crippen molar-refractivity contribution in [2.24, 2.45) is 5.11 Å². The summed E-state index contributed by atoms with van der Waals surface area (Å²) in [7, 11) is 0. The van der Waals surface area contributed by atoms with Crippen molar-refractivity contribution in [1.82, 2.24) is 10.2 Å². The first-order valence-electron chi connectivity index (χ1n) is 10.2. The maximum Gasteiger partial charge on any atom is 0.146 e. The van der Waals surface area contributed by atoms with Crippen molar-refractivity contribution in [3.63, 3.8) is 0 Å². The molecule has 0 bridgehead atoms. The molecule has 29 heavy (non-hydrogen) atoms. The highest BCUT2D eigenvalue weighted by Gasteiger charge is 2.31. The lowest BCUT2D eigenvalue weighted by atomic mass is 9.89.